The number of hydrogen-bond acceptors (Lipinski definition) is 7. The number of carbonyl (C=O) groups excluding carboxylic acids is 1. The summed E-state index contributed by atoms with van der Waals surface area (Å²) in [7, 11) is -3.25. The van der Waals surface area contributed by atoms with Gasteiger partial charge < -0.3 is 13.8 Å². The first-order valence-corrected chi connectivity index (χ1v) is 14.0. The minimum absolute atomic E-state index is 0.0491. The van der Waals surface area contributed by atoms with Gasteiger partial charge in [-0.3, -0.25) is 9.36 Å². The van der Waals surface area contributed by atoms with Crippen LogP contribution in [0.4, 0.5) is 0 Å². The van der Waals surface area contributed by atoms with Crippen molar-refractivity contribution in [1.29, 1.82) is 0 Å². The first kappa shape index (κ1) is 27.8. The maximum atomic E-state index is 13.0. The minimum atomic E-state index is -3.25. The van der Waals surface area contributed by atoms with Gasteiger partial charge in [-0.25, -0.2) is 0 Å². The molecule has 8 heteroatoms. The molecule has 0 saturated heterocycles. The lowest BCUT2D eigenvalue weighted by molar-refractivity contribution is -0.154. The molecule has 31 heavy (non-hydrogen) atoms. The molecule has 0 aliphatic rings. The highest BCUT2D eigenvalue weighted by Crippen LogP contribution is 2.50. The zero-order valence-corrected chi connectivity index (χ0v) is 21.3. The Labute approximate surface area is 188 Å². The Bertz CT molecular complexity index is 684. The SMILES string of the molecule is CCCCCCCCCCCc1noc(CC(C(=O)OC(C)(C)C)P(C)(=O)OCC)n1. The molecule has 0 aliphatic heterocycles. The summed E-state index contributed by atoms with van der Waals surface area (Å²) in [4.78, 5) is 17.1. The van der Waals surface area contributed by atoms with Crippen LogP contribution < -0.4 is 0 Å². The second kappa shape index (κ2) is 14.1. The fraction of sp³-hybridized carbons (Fsp3) is 0.870. The summed E-state index contributed by atoms with van der Waals surface area (Å²) in [5.41, 5.74) is -1.65. The second-order valence-electron chi connectivity index (χ2n) is 9.26. The van der Waals surface area contributed by atoms with Gasteiger partial charge in [-0.2, -0.15) is 4.98 Å². The molecule has 2 unspecified atom stereocenters. The molecule has 0 radical (unpaired) electrons. The predicted molar refractivity (Wildman–Crippen MR) is 124 cm³/mol. The zero-order chi connectivity index (χ0) is 23.3. The molecule has 0 aliphatic carbocycles. The van der Waals surface area contributed by atoms with E-state index in [4.69, 9.17) is 13.8 Å². The van der Waals surface area contributed by atoms with Crippen molar-refractivity contribution in [2.75, 3.05) is 13.3 Å². The standard InChI is InChI=1S/C23H43N2O5P/c1-7-9-10-11-12-13-14-15-16-17-20-24-21(30-25-20)18-19(31(6,27)28-8-2)22(26)29-23(3,4)5/h19H,7-18H2,1-6H3. The Morgan fingerprint density at radius 2 is 1.61 bits per heavy atom. The summed E-state index contributed by atoms with van der Waals surface area (Å²) in [6.07, 6.45) is 12.1. The molecule has 180 valence electrons. The Morgan fingerprint density at radius 1 is 1.03 bits per heavy atom. The van der Waals surface area contributed by atoms with Gasteiger partial charge in [-0.15, -0.1) is 0 Å². The highest BCUT2D eigenvalue weighted by Gasteiger charge is 2.40. The van der Waals surface area contributed by atoms with E-state index in [1.54, 1.807) is 27.7 Å². The lowest BCUT2D eigenvalue weighted by atomic mass is 10.1. The van der Waals surface area contributed by atoms with Crippen LogP contribution in [-0.4, -0.2) is 40.6 Å². The molecule has 0 amide bonds. The van der Waals surface area contributed by atoms with Gasteiger partial charge in [0.05, 0.1) is 6.61 Å². The van der Waals surface area contributed by atoms with Crippen LogP contribution in [0, 0.1) is 0 Å². The number of unbranched alkanes of at least 4 members (excludes halogenated alkanes) is 8. The molecule has 1 heterocycles. The molecule has 7 nitrogen and oxygen atoms in total. The van der Waals surface area contributed by atoms with E-state index in [0.29, 0.717) is 11.7 Å². The van der Waals surface area contributed by atoms with E-state index in [-0.39, 0.29) is 13.0 Å². The topological polar surface area (TPSA) is 91.5 Å². The lowest BCUT2D eigenvalue weighted by Gasteiger charge is -2.26. The van der Waals surface area contributed by atoms with Crippen LogP contribution in [0.25, 0.3) is 0 Å². The normalized spacial score (nSPS) is 14.9. The molecule has 0 bridgehead atoms. The highest BCUT2D eigenvalue weighted by molar-refractivity contribution is 7.60. The summed E-state index contributed by atoms with van der Waals surface area (Å²) >= 11 is 0. The van der Waals surface area contributed by atoms with Gasteiger partial charge in [0.15, 0.2) is 5.82 Å². The third kappa shape index (κ3) is 11.8. The molecule has 0 N–H and O–H groups in total. The summed E-state index contributed by atoms with van der Waals surface area (Å²) in [6.45, 7) is 11.0. The molecule has 0 saturated carbocycles. The highest BCUT2D eigenvalue weighted by atomic mass is 31.2. The van der Waals surface area contributed by atoms with E-state index in [1.165, 1.54) is 51.6 Å². The van der Waals surface area contributed by atoms with Gasteiger partial charge in [-0.1, -0.05) is 63.4 Å². The Kier molecular flexibility index (Phi) is 12.6. The van der Waals surface area contributed by atoms with Gasteiger partial charge in [0.25, 0.3) is 0 Å². The number of hydrogen-bond donors (Lipinski definition) is 0. The monoisotopic (exact) mass is 458 g/mol. The Morgan fingerprint density at radius 3 is 2.16 bits per heavy atom. The number of rotatable bonds is 16. The van der Waals surface area contributed by atoms with Gasteiger partial charge in [-0.05, 0) is 34.1 Å². The third-order valence-electron chi connectivity index (χ3n) is 5.01. The van der Waals surface area contributed by atoms with Gasteiger partial charge in [0, 0.05) is 19.5 Å². The van der Waals surface area contributed by atoms with Crippen molar-refractivity contribution < 1.29 is 23.1 Å². The van der Waals surface area contributed by atoms with Crippen LogP contribution in [0.3, 0.4) is 0 Å². The van der Waals surface area contributed by atoms with Crippen molar-refractivity contribution in [2.24, 2.45) is 0 Å². The molecule has 0 spiro atoms. The van der Waals surface area contributed by atoms with Crippen molar-refractivity contribution >= 4 is 13.3 Å². The predicted octanol–water partition coefficient (Wildman–Crippen LogP) is 6.34. The van der Waals surface area contributed by atoms with Crippen molar-refractivity contribution in [2.45, 2.75) is 117 Å². The average Bonchev–Trinajstić information content (AvgIpc) is 3.10. The number of carbonyl (C=O) groups is 1. The van der Waals surface area contributed by atoms with E-state index in [9.17, 15) is 9.36 Å². The molecule has 1 rings (SSSR count). The van der Waals surface area contributed by atoms with Crippen LogP contribution in [0.15, 0.2) is 4.52 Å². The quantitative estimate of drug-likeness (QED) is 0.162. The van der Waals surface area contributed by atoms with Crippen LogP contribution in [0.2, 0.25) is 0 Å². The maximum absolute atomic E-state index is 13.0. The summed E-state index contributed by atoms with van der Waals surface area (Å²) in [6, 6.07) is 0. The fourth-order valence-electron chi connectivity index (χ4n) is 3.39. The molecule has 0 fully saturated rings. The number of ether oxygens (including phenoxy) is 1. The van der Waals surface area contributed by atoms with Gasteiger partial charge in [0.2, 0.25) is 13.3 Å². The Hall–Kier alpha value is -1.20. The van der Waals surface area contributed by atoms with Gasteiger partial charge >= 0.3 is 5.97 Å². The van der Waals surface area contributed by atoms with Gasteiger partial charge in [0.1, 0.15) is 11.3 Å². The minimum Gasteiger partial charge on any atom is -0.459 e. The lowest BCUT2D eigenvalue weighted by Crippen LogP contribution is -2.33. The van der Waals surface area contributed by atoms with Crippen LogP contribution in [0.5, 0.6) is 0 Å². The van der Waals surface area contributed by atoms with Crippen molar-refractivity contribution in [3.05, 3.63) is 11.7 Å². The molecular formula is C23H43N2O5P. The summed E-state index contributed by atoms with van der Waals surface area (Å²) in [5.74, 6) is 0.359. The van der Waals surface area contributed by atoms with E-state index in [2.05, 4.69) is 17.1 Å². The fourth-order valence-corrected chi connectivity index (χ4v) is 5.01. The molecule has 0 aromatic carbocycles. The number of aromatic nitrogens is 2. The smallest absolute Gasteiger partial charge is 0.319 e. The Balaban J connectivity index is 2.54. The van der Waals surface area contributed by atoms with E-state index < -0.39 is 24.6 Å². The average molecular weight is 459 g/mol. The first-order chi connectivity index (χ1) is 14.6. The maximum Gasteiger partial charge on any atom is 0.319 e. The van der Waals surface area contributed by atoms with Crippen molar-refractivity contribution in [3.63, 3.8) is 0 Å². The van der Waals surface area contributed by atoms with Crippen LogP contribution in [0.1, 0.15) is 104 Å². The van der Waals surface area contributed by atoms with Crippen LogP contribution >= 0.6 is 7.37 Å². The van der Waals surface area contributed by atoms with Crippen molar-refractivity contribution in [3.8, 4) is 0 Å². The molecular weight excluding hydrogens is 415 g/mol. The van der Waals surface area contributed by atoms with E-state index >= 15 is 0 Å². The number of esters is 1. The van der Waals surface area contributed by atoms with E-state index in [0.717, 1.165) is 19.3 Å². The molecule has 1 aromatic rings. The van der Waals surface area contributed by atoms with E-state index in [1.807, 2.05) is 0 Å². The third-order valence-corrected chi connectivity index (χ3v) is 7.31. The largest absolute Gasteiger partial charge is 0.459 e. The van der Waals surface area contributed by atoms with Crippen LogP contribution in [-0.2, 0) is 31.5 Å². The number of nitrogens with zero attached hydrogens (tertiary/aromatic N) is 2. The number of aryl methyl sites for hydroxylation is 1. The van der Waals surface area contributed by atoms with Crippen molar-refractivity contribution in [1.82, 2.24) is 10.1 Å². The molecule has 1 aromatic heterocycles. The summed E-state index contributed by atoms with van der Waals surface area (Å²) < 4.78 is 29.2. The second-order valence-corrected chi connectivity index (χ2v) is 12.0. The zero-order valence-electron chi connectivity index (χ0n) is 20.4. The first-order valence-electron chi connectivity index (χ1n) is 11.8. The summed E-state index contributed by atoms with van der Waals surface area (Å²) in [5, 5.41) is 4.03. The molecule has 2 atom stereocenters.